The van der Waals surface area contributed by atoms with Crippen LogP contribution >= 0.6 is 11.6 Å². The first-order valence-corrected chi connectivity index (χ1v) is 12.3. The molecule has 3 aromatic carbocycles. The lowest BCUT2D eigenvalue weighted by Gasteiger charge is -2.13. The monoisotopic (exact) mass is 491 g/mol. The van der Waals surface area contributed by atoms with Gasteiger partial charge in [-0.05, 0) is 29.3 Å². The number of fused-ring (bicyclic) bond motifs is 5. The maximum atomic E-state index is 6.49. The van der Waals surface area contributed by atoms with E-state index in [0.717, 1.165) is 39.5 Å². The van der Waals surface area contributed by atoms with Crippen molar-refractivity contribution in [2.45, 2.75) is 19.0 Å². The predicted octanol–water partition coefficient (Wildman–Crippen LogP) is 5.86. The average molecular weight is 492 g/mol. The highest BCUT2D eigenvalue weighted by Gasteiger charge is 2.30. The molecule has 0 saturated carbocycles. The normalized spacial score (nSPS) is 15.9. The van der Waals surface area contributed by atoms with Crippen molar-refractivity contribution < 1.29 is 4.74 Å². The molecule has 0 N–H and O–H groups in total. The van der Waals surface area contributed by atoms with Crippen molar-refractivity contribution in [1.29, 1.82) is 0 Å². The van der Waals surface area contributed by atoms with Crippen molar-refractivity contribution in [2.75, 3.05) is 6.61 Å². The van der Waals surface area contributed by atoms with Crippen LogP contribution in [0.5, 0.6) is 0 Å². The average Bonchev–Trinajstić information content (AvgIpc) is 3.63. The molecule has 7 heteroatoms. The molecule has 0 bridgehead atoms. The van der Waals surface area contributed by atoms with Gasteiger partial charge < -0.3 is 9.30 Å². The van der Waals surface area contributed by atoms with Crippen LogP contribution in [0.25, 0.3) is 16.9 Å². The van der Waals surface area contributed by atoms with Crippen LogP contribution in [0.4, 0.5) is 0 Å². The molecule has 4 heterocycles. The van der Waals surface area contributed by atoms with E-state index >= 15 is 0 Å². The van der Waals surface area contributed by atoms with Crippen LogP contribution in [0.2, 0.25) is 5.02 Å². The summed E-state index contributed by atoms with van der Waals surface area (Å²) in [5.41, 5.74) is 8.38. The van der Waals surface area contributed by atoms with Gasteiger partial charge in [-0.15, -0.1) is 0 Å². The van der Waals surface area contributed by atoms with E-state index < -0.39 is 0 Å². The third-order valence-corrected chi connectivity index (χ3v) is 7.06. The topological polar surface area (TPSA) is 57.2 Å². The fourth-order valence-electron chi connectivity index (χ4n) is 5.11. The van der Waals surface area contributed by atoms with E-state index in [9.17, 15) is 0 Å². The van der Waals surface area contributed by atoms with E-state index in [2.05, 4.69) is 45.6 Å². The minimum atomic E-state index is -0.0281. The number of aromatic nitrogens is 4. The number of rotatable bonds is 4. The Balaban J connectivity index is 1.34. The predicted molar refractivity (Wildman–Crippen MR) is 140 cm³/mol. The molecule has 5 aromatic rings. The van der Waals surface area contributed by atoms with Crippen molar-refractivity contribution in [2.24, 2.45) is 4.99 Å². The minimum absolute atomic E-state index is 0.0281. The third-order valence-electron chi connectivity index (χ3n) is 6.83. The summed E-state index contributed by atoms with van der Waals surface area (Å²) in [6.07, 6.45) is 4.48. The van der Waals surface area contributed by atoms with Gasteiger partial charge in [0, 0.05) is 22.6 Å². The van der Waals surface area contributed by atoms with E-state index in [1.165, 1.54) is 5.56 Å². The summed E-state index contributed by atoms with van der Waals surface area (Å²) in [5, 5.41) is 5.47. The summed E-state index contributed by atoms with van der Waals surface area (Å²) in [6, 6.07) is 26.6. The number of hydrogen-bond donors (Lipinski definition) is 0. The molecule has 2 aliphatic rings. The van der Waals surface area contributed by atoms with Gasteiger partial charge in [-0.25, -0.2) is 9.98 Å². The van der Waals surface area contributed by atoms with Crippen molar-refractivity contribution >= 4 is 17.5 Å². The molecule has 0 radical (unpaired) electrons. The molecule has 0 aliphatic carbocycles. The van der Waals surface area contributed by atoms with Crippen LogP contribution in [0, 0.1) is 0 Å². The largest absolute Gasteiger partial charge is 0.474 e. The van der Waals surface area contributed by atoms with E-state index in [4.69, 9.17) is 31.4 Å². The van der Waals surface area contributed by atoms with Crippen LogP contribution < -0.4 is 0 Å². The SMILES string of the molecule is Clc1ccc2c(c1)-c1c(cnn1Cc1ccccc1)Cc1c(C3=N[C@@H](c4ccccc4)CO3)ncn1-2. The lowest BCUT2D eigenvalue weighted by Crippen LogP contribution is -2.08. The van der Waals surface area contributed by atoms with Crippen LogP contribution in [-0.2, 0) is 17.7 Å². The van der Waals surface area contributed by atoms with Gasteiger partial charge in [0.25, 0.3) is 0 Å². The van der Waals surface area contributed by atoms with Gasteiger partial charge in [0.15, 0.2) is 0 Å². The Kier molecular flexibility index (Phi) is 4.99. The van der Waals surface area contributed by atoms with E-state index in [-0.39, 0.29) is 6.04 Å². The molecule has 0 fully saturated rings. The highest BCUT2D eigenvalue weighted by Crippen LogP contribution is 2.38. The van der Waals surface area contributed by atoms with Gasteiger partial charge in [0.1, 0.15) is 24.7 Å². The standard InChI is InChI=1S/C29H22ClN5O/c30-22-11-12-25-23(14-22)28-21(15-32-35(28)16-19-7-3-1-4-8-19)13-26-27(31-18-34(25)26)29-33-24(17-36-29)20-9-5-2-6-10-20/h1-12,14-15,18,24H,13,16-17H2/t24-/m1/s1. The minimum Gasteiger partial charge on any atom is -0.474 e. The first kappa shape index (κ1) is 21.1. The third kappa shape index (κ3) is 3.53. The second kappa shape index (κ2) is 8.50. The Labute approximate surface area is 213 Å². The van der Waals surface area contributed by atoms with Crippen LogP contribution in [0.3, 0.4) is 0 Å². The molecule has 0 spiro atoms. The fraction of sp³-hybridized carbons (Fsp3) is 0.138. The fourth-order valence-corrected chi connectivity index (χ4v) is 5.28. The lowest BCUT2D eigenvalue weighted by atomic mass is 10.0. The van der Waals surface area contributed by atoms with Gasteiger partial charge >= 0.3 is 0 Å². The molecule has 0 amide bonds. The second-order valence-electron chi connectivity index (χ2n) is 9.08. The molecule has 7 rings (SSSR count). The Morgan fingerprint density at radius 1 is 0.972 bits per heavy atom. The van der Waals surface area contributed by atoms with Crippen molar-refractivity contribution in [3.05, 3.63) is 124 Å². The molecule has 6 nitrogen and oxygen atoms in total. The van der Waals surface area contributed by atoms with Gasteiger partial charge in [-0.2, -0.15) is 5.10 Å². The van der Waals surface area contributed by atoms with E-state index in [1.54, 1.807) is 0 Å². The van der Waals surface area contributed by atoms with E-state index in [1.807, 2.05) is 55.0 Å². The smallest absolute Gasteiger partial charge is 0.238 e. The Hall–Kier alpha value is -4.16. The van der Waals surface area contributed by atoms with Gasteiger partial charge in [-0.1, -0.05) is 72.3 Å². The highest BCUT2D eigenvalue weighted by molar-refractivity contribution is 6.31. The first-order valence-electron chi connectivity index (χ1n) is 12.0. The molecular weight excluding hydrogens is 470 g/mol. The molecule has 176 valence electrons. The number of ether oxygens (including phenoxy) is 1. The number of hydrogen-bond acceptors (Lipinski definition) is 4. The molecule has 0 unspecified atom stereocenters. The number of benzene rings is 3. The van der Waals surface area contributed by atoms with Crippen LogP contribution in [0.1, 0.15) is 34.1 Å². The molecular formula is C29H22ClN5O. The Morgan fingerprint density at radius 3 is 2.61 bits per heavy atom. The van der Waals surface area contributed by atoms with Crippen molar-refractivity contribution in [3.63, 3.8) is 0 Å². The second-order valence-corrected chi connectivity index (χ2v) is 9.52. The summed E-state index contributed by atoms with van der Waals surface area (Å²) in [6.45, 7) is 1.19. The number of imidazole rings is 1. The van der Waals surface area contributed by atoms with Gasteiger partial charge in [0.05, 0.1) is 29.8 Å². The zero-order valence-corrected chi connectivity index (χ0v) is 20.1. The van der Waals surface area contributed by atoms with Crippen molar-refractivity contribution in [3.8, 4) is 16.9 Å². The summed E-state index contributed by atoms with van der Waals surface area (Å²) >= 11 is 6.49. The highest BCUT2D eigenvalue weighted by atomic mass is 35.5. The molecule has 36 heavy (non-hydrogen) atoms. The van der Waals surface area contributed by atoms with Gasteiger partial charge in [-0.3, -0.25) is 4.68 Å². The zero-order chi connectivity index (χ0) is 24.1. The van der Waals surface area contributed by atoms with Gasteiger partial charge in [0.2, 0.25) is 5.90 Å². The summed E-state index contributed by atoms with van der Waals surface area (Å²) in [4.78, 5) is 9.67. The summed E-state index contributed by atoms with van der Waals surface area (Å²) < 4.78 is 10.3. The molecule has 1 atom stereocenters. The number of aliphatic imine (C=N–C) groups is 1. The maximum absolute atomic E-state index is 6.49. The molecule has 2 aromatic heterocycles. The van der Waals surface area contributed by atoms with Crippen molar-refractivity contribution in [1.82, 2.24) is 19.3 Å². The maximum Gasteiger partial charge on any atom is 0.238 e. The first-order chi connectivity index (χ1) is 17.7. The summed E-state index contributed by atoms with van der Waals surface area (Å²) in [7, 11) is 0. The van der Waals surface area contributed by atoms with E-state index in [0.29, 0.717) is 30.5 Å². The number of nitrogens with zero attached hydrogens (tertiary/aromatic N) is 5. The van der Waals surface area contributed by atoms with Crippen LogP contribution in [0.15, 0.2) is 96.4 Å². The number of halogens is 1. The van der Waals surface area contributed by atoms with Crippen LogP contribution in [-0.4, -0.2) is 31.8 Å². The zero-order valence-electron chi connectivity index (χ0n) is 19.4. The Morgan fingerprint density at radius 2 is 1.78 bits per heavy atom. The summed E-state index contributed by atoms with van der Waals surface area (Å²) in [5.74, 6) is 0.591. The molecule has 2 aliphatic heterocycles. The lowest BCUT2D eigenvalue weighted by molar-refractivity contribution is 0.319. The molecule has 0 saturated heterocycles. The quantitative estimate of drug-likeness (QED) is 0.310. The Bertz CT molecular complexity index is 1600.